The second-order valence-corrected chi connectivity index (χ2v) is 7.80. The van der Waals surface area contributed by atoms with Crippen molar-refractivity contribution >= 4 is 34.3 Å². The summed E-state index contributed by atoms with van der Waals surface area (Å²) in [6.07, 6.45) is 4.23. The summed E-state index contributed by atoms with van der Waals surface area (Å²) in [7, 11) is 1.69. The number of anilines is 3. The Balaban J connectivity index is 0.000000309. The van der Waals surface area contributed by atoms with E-state index in [1.807, 2.05) is 36.0 Å². The Morgan fingerprint density at radius 2 is 2.00 bits per heavy atom. The molecule has 0 saturated carbocycles. The average molecular weight is 444 g/mol. The third-order valence-corrected chi connectivity index (χ3v) is 4.57. The van der Waals surface area contributed by atoms with Gasteiger partial charge in [0.2, 0.25) is 5.95 Å². The number of carbonyl (C=O) groups excluding carboxylic acids is 1. The fraction of sp³-hybridized carbons (Fsp3) is 0.476. The quantitative estimate of drug-likeness (QED) is 0.386. The number of nitrogens with two attached hydrogens (primary N) is 3. The third kappa shape index (κ3) is 7.43. The summed E-state index contributed by atoms with van der Waals surface area (Å²) >= 11 is 0. The summed E-state index contributed by atoms with van der Waals surface area (Å²) in [4.78, 5) is 15.3. The first-order valence-electron chi connectivity index (χ1n) is 10.5. The fourth-order valence-corrected chi connectivity index (χ4v) is 2.88. The van der Waals surface area contributed by atoms with E-state index in [4.69, 9.17) is 21.9 Å². The lowest BCUT2D eigenvalue weighted by molar-refractivity contribution is 0.0995. The van der Waals surface area contributed by atoms with Crippen LogP contribution in [0.25, 0.3) is 10.9 Å². The van der Waals surface area contributed by atoms with Crippen molar-refractivity contribution in [2.24, 2.45) is 17.4 Å². The zero-order valence-corrected chi connectivity index (χ0v) is 19.1. The van der Waals surface area contributed by atoms with Crippen molar-refractivity contribution < 1.29 is 9.53 Å². The van der Waals surface area contributed by atoms with E-state index in [2.05, 4.69) is 39.4 Å². The van der Waals surface area contributed by atoms with Crippen LogP contribution >= 0.6 is 0 Å². The lowest BCUT2D eigenvalue weighted by Gasteiger charge is -2.11. The average Bonchev–Trinajstić information content (AvgIpc) is 3.15. The predicted molar refractivity (Wildman–Crippen MR) is 125 cm³/mol. The van der Waals surface area contributed by atoms with Crippen LogP contribution in [0.2, 0.25) is 0 Å². The van der Waals surface area contributed by atoms with Crippen molar-refractivity contribution in [3.8, 4) is 0 Å². The Morgan fingerprint density at radius 3 is 2.62 bits per heavy atom. The van der Waals surface area contributed by atoms with E-state index in [1.165, 1.54) is 6.42 Å². The van der Waals surface area contributed by atoms with Gasteiger partial charge in [0.05, 0.1) is 12.1 Å². The first kappa shape index (κ1) is 25.0. The van der Waals surface area contributed by atoms with Crippen LogP contribution in [0.1, 0.15) is 44.1 Å². The van der Waals surface area contributed by atoms with Gasteiger partial charge in [0, 0.05) is 37.0 Å². The number of aryl methyl sites for hydroxylation is 1. The molecule has 2 heterocycles. The number of rotatable bonds is 9. The number of aromatic nitrogens is 5. The van der Waals surface area contributed by atoms with Crippen LogP contribution in [-0.4, -0.2) is 50.6 Å². The van der Waals surface area contributed by atoms with Crippen LogP contribution < -0.4 is 22.5 Å². The molecule has 0 unspecified atom stereocenters. The van der Waals surface area contributed by atoms with Gasteiger partial charge in [-0.05, 0) is 43.9 Å². The van der Waals surface area contributed by atoms with E-state index in [0.717, 1.165) is 29.8 Å². The zero-order chi connectivity index (χ0) is 23.7. The Bertz CT molecular complexity index is 1020. The van der Waals surface area contributed by atoms with Crippen LogP contribution in [0.5, 0.6) is 0 Å². The molecule has 0 spiro atoms. The van der Waals surface area contributed by atoms with Gasteiger partial charge in [-0.3, -0.25) is 9.48 Å². The number of nitrogens with zero attached hydrogens (tertiary/aromatic N) is 5. The normalized spacial score (nSPS) is 11.8. The van der Waals surface area contributed by atoms with Crippen LogP contribution in [0.15, 0.2) is 24.4 Å². The molecular weight excluding hydrogens is 410 g/mol. The number of ether oxygens (including phenoxy) is 1. The molecule has 0 aliphatic rings. The maximum Gasteiger partial charge on any atom is 0.273 e. The van der Waals surface area contributed by atoms with E-state index in [0.29, 0.717) is 12.3 Å². The summed E-state index contributed by atoms with van der Waals surface area (Å²) in [5.41, 5.74) is 17.9. The molecule has 0 aliphatic heterocycles. The molecule has 3 aromatic rings. The Hall–Kier alpha value is -3.31. The van der Waals surface area contributed by atoms with Crippen molar-refractivity contribution in [1.29, 1.82) is 0 Å². The zero-order valence-electron chi connectivity index (χ0n) is 19.1. The molecule has 0 aliphatic carbocycles. The molecule has 11 heteroatoms. The van der Waals surface area contributed by atoms with Crippen LogP contribution in [0.3, 0.4) is 0 Å². The number of nitrogen functional groups attached to an aromatic ring is 1. The Morgan fingerprint density at radius 1 is 1.25 bits per heavy atom. The molecule has 0 bridgehead atoms. The minimum atomic E-state index is -0.737. The molecule has 11 nitrogen and oxygen atoms in total. The molecule has 7 N–H and O–H groups in total. The molecule has 0 radical (unpaired) electrons. The molecule has 1 amide bonds. The second-order valence-electron chi connectivity index (χ2n) is 7.80. The lowest BCUT2D eigenvalue weighted by Crippen LogP contribution is -2.25. The van der Waals surface area contributed by atoms with Crippen LogP contribution in [-0.2, 0) is 11.3 Å². The number of hydrogen-bond donors (Lipinski definition) is 4. The summed E-state index contributed by atoms with van der Waals surface area (Å²) in [6.45, 7) is 7.90. The third-order valence-electron chi connectivity index (χ3n) is 4.57. The highest BCUT2D eigenvalue weighted by molar-refractivity contribution is 5.96. The second kappa shape index (κ2) is 11.9. The summed E-state index contributed by atoms with van der Waals surface area (Å²) in [5.74, 6) is 0.125. The van der Waals surface area contributed by atoms with Gasteiger partial charge in [-0.25, -0.2) is 0 Å². The Labute approximate surface area is 187 Å². The standard InChI is InChI=1S/C13H14N8O.C8H19NO/c1-2-21-6-7-3-4-8(5-9(7)20-21)16-12-10(11(14)22)18-19-13(15)17-12;1-7(2)4-5-8(9)6-10-3/h3-6H,2H2,1H3,(H2,14,22)(H3,15,16,17,19);7-8H,4-6,9H2,1-3H3/t;8-/m.1/s1. The van der Waals surface area contributed by atoms with Crippen molar-refractivity contribution in [2.75, 3.05) is 24.8 Å². The highest BCUT2D eigenvalue weighted by atomic mass is 16.5. The molecule has 1 atom stereocenters. The van der Waals surface area contributed by atoms with Gasteiger partial charge in [0.25, 0.3) is 5.91 Å². The first-order chi connectivity index (χ1) is 15.2. The van der Waals surface area contributed by atoms with Crippen molar-refractivity contribution in [3.63, 3.8) is 0 Å². The van der Waals surface area contributed by atoms with E-state index in [9.17, 15) is 4.79 Å². The van der Waals surface area contributed by atoms with Gasteiger partial charge >= 0.3 is 0 Å². The molecule has 0 fully saturated rings. The fourth-order valence-electron chi connectivity index (χ4n) is 2.88. The lowest BCUT2D eigenvalue weighted by atomic mass is 10.0. The van der Waals surface area contributed by atoms with E-state index < -0.39 is 5.91 Å². The monoisotopic (exact) mass is 443 g/mol. The number of methoxy groups -OCH3 is 1. The molecule has 1 aromatic carbocycles. The number of fused-ring (bicyclic) bond motifs is 1. The topological polar surface area (TPSA) is 173 Å². The highest BCUT2D eigenvalue weighted by Crippen LogP contribution is 2.22. The number of carbonyl (C=O) groups is 1. The highest BCUT2D eigenvalue weighted by Gasteiger charge is 2.14. The van der Waals surface area contributed by atoms with E-state index in [-0.39, 0.29) is 23.5 Å². The SMILES string of the molecule is CCn1cc2ccc(Nc3nc(N)nnc3C(N)=O)cc2n1.COC[C@H](N)CCC(C)C. The van der Waals surface area contributed by atoms with Gasteiger partial charge in [-0.1, -0.05) is 13.8 Å². The maximum absolute atomic E-state index is 11.4. The van der Waals surface area contributed by atoms with Gasteiger partial charge < -0.3 is 27.3 Å². The van der Waals surface area contributed by atoms with Crippen LogP contribution in [0, 0.1) is 5.92 Å². The molecule has 32 heavy (non-hydrogen) atoms. The largest absolute Gasteiger partial charge is 0.383 e. The van der Waals surface area contributed by atoms with Gasteiger partial charge in [-0.15, -0.1) is 10.2 Å². The van der Waals surface area contributed by atoms with E-state index in [1.54, 1.807) is 7.11 Å². The number of amides is 1. The smallest absolute Gasteiger partial charge is 0.273 e. The number of primary amides is 1. The summed E-state index contributed by atoms with van der Waals surface area (Å²) in [5, 5.41) is 15.6. The Kier molecular flexibility index (Phi) is 9.29. The number of hydrogen-bond acceptors (Lipinski definition) is 9. The molecule has 174 valence electrons. The van der Waals surface area contributed by atoms with Crippen molar-refractivity contribution in [2.45, 2.75) is 46.2 Å². The molecule has 3 rings (SSSR count). The van der Waals surface area contributed by atoms with Crippen molar-refractivity contribution in [3.05, 3.63) is 30.1 Å². The molecule has 2 aromatic heterocycles. The molecule has 0 saturated heterocycles. The number of benzene rings is 1. The van der Waals surface area contributed by atoms with Gasteiger partial charge in [-0.2, -0.15) is 10.1 Å². The predicted octanol–water partition coefficient (Wildman–Crippen LogP) is 2.06. The summed E-state index contributed by atoms with van der Waals surface area (Å²) in [6, 6.07) is 5.82. The van der Waals surface area contributed by atoms with E-state index >= 15 is 0 Å². The van der Waals surface area contributed by atoms with Gasteiger partial charge in [0.1, 0.15) is 0 Å². The van der Waals surface area contributed by atoms with Crippen molar-refractivity contribution in [1.82, 2.24) is 25.0 Å². The molecular formula is C21H33N9O2. The van der Waals surface area contributed by atoms with Gasteiger partial charge in [0.15, 0.2) is 11.5 Å². The minimum Gasteiger partial charge on any atom is -0.383 e. The van der Waals surface area contributed by atoms with Crippen LogP contribution in [0.4, 0.5) is 17.5 Å². The minimum absolute atomic E-state index is 0.0520. The number of nitrogens with one attached hydrogen (secondary N) is 1. The first-order valence-corrected chi connectivity index (χ1v) is 10.5. The maximum atomic E-state index is 11.4. The summed E-state index contributed by atoms with van der Waals surface area (Å²) < 4.78 is 6.75.